The molecule has 0 aliphatic carbocycles. The van der Waals surface area contributed by atoms with Crippen molar-refractivity contribution in [2.24, 2.45) is 0 Å². The number of nitrogens with zero attached hydrogens (tertiary/aromatic N) is 1. The summed E-state index contributed by atoms with van der Waals surface area (Å²) in [5.41, 5.74) is 7.48. The van der Waals surface area contributed by atoms with Gasteiger partial charge in [0, 0.05) is 0 Å². The van der Waals surface area contributed by atoms with Crippen LogP contribution in [0.25, 0.3) is 10.4 Å². The minimum Gasteiger partial charge on any atom is -0.249 e. The van der Waals surface area contributed by atoms with E-state index in [9.17, 15) is 0 Å². The molecule has 0 spiro atoms. The number of rotatable bonds is 1. The van der Waals surface area contributed by atoms with Crippen molar-refractivity contribution in [3.8, 4) is 10.4 Å². The standard InChI is InChI=1S/C18H25NS/c1-12-16(20-11-19-12)13-8-14(17(2,3)4)10-15(9-13)18(5,6)7/h8-11H,1-7H3. The van der Waals surface area contributed by atoms with E-state index in [1.165, 1.54) is 21.6 Å². The highest BCUT2D eigenvalue weighted by Gasteiger charge is 2.21. The summed E-state index contributed by atoms with van der Waals surface area (Å²) in [5, 5.41) is 0. The van der Waals surface area contributed by atoms with Gasteiger partial charge in [0.2, 0.25) is 0 Å². The molecule has 1 aromatic heterocycles. The summed E-state index contributed by atoms with van der Waals surface area (Å²) in [4.78, 5) is 5.69. The molecular weight excluding hydrogens is 262 g/mol. The third-order valence-electron chi connectivity index (χ3n) is 3.67. The van der Waals surface area contributed by atoms with E-state index in [-0.39, 0.29) is 10.8 Å². The van der Waals surface area contributed by atoms with Gasteiger partial charge in [-0.05, 0) is 46.6 Å². The van der Waals surface area contributed by atoms with Crippen molar-refractivity contribution in [1.82, 2.24) is 4.98 Å². The van der Waals surface area contributed by atoms with Crippen molar-refractivity contribution in [2.45, 2.75) is 59.3 Å². The zero-order chi connectivity index (χ0) is 15.1. The Labute approximate surface area is 127 Å². The summed E-state index contributed by atoms with van der Waals surface area (Å²) >= 11 is 1.73. The Kier molecular flexibility index (Phi) is 3.81. The predicted octanol–water partition coefficient (Wildman–Crippen LogP) is 5.71. The number of aromatic nitrogens is 1. The van der Waals surface area contributed by atoms with Crippen LogP contribution in [0.3, 0.4) is 0 Å². The average Bonchev–Trinajstić information content (AvgIpc) is 2.72. The first kappa shape index (κ1) is 15.2. The molecule has 2 heteroatoms. The molecule has 0 saturated carbocycles. The van der Waals surface area contributed by atoms with Gasteiger partial charge < -0.3 is 0 Å². The Hall–Kier alpha value is -1.15. The molecule has 0 amide bonds. The van der Waals surface area contributed by atoms with Crippen molar-refractivity contribution in [1.29, 1.82) is 0 Å². The molecule has 2 rings (SSSR count). The molecular formula is C18H25NS. The van der Waals surface area contributed by atoms with Crippen molar-refractivity contribution < 1.29 is 0 Å². The number of hydrogen-bond acceptors (Lipinski definition) is 2. The Morgan fingerprint density at radius 1 is 0.850 bits per heavy atom. The SMILES string of the molecule is Cc1ncsc1-c1cc(C(C)(C)C)cc(C(C)(C)C)c1. The number of hydrogen-bond donors (Lipinski definition) is 0. The maximum atomic E-state index is 4.40. The Morgan fingerprint density at radius 2 is 1.35 bits per heavy atom. The van der Waals surface area contributed by atoms with Crippen LogP contribution in [-0.4, -0.2) is 4.98 Å². The van der Waals surface area contributed by atoms with Gasteiger partial charge in [-0.3, -0.25) is 0 Å². The third-order valence-corrected chi connectivity index (χ3v) is 4.65. The zero-order valence-electron chi connectivity index (χ0n) is 13.7. The van der Waals surface area contributed by atoms with Gasteiger partial charge in [0.25, 0.3) is 0 Å². The van der Waals surface area contributed by atoms with E-state index in [1.807, 2.05) is 5.51 Å². The lowest BCUT2D eigenvalue weighted by Gasteiger charge is -2.26. The minimum atomic E-state index is 0.161. The van der Waals surface area contributed by atoms with Gasteiger partial charge in [-0.15, -0.1) is 11.3 Å². The maximum Gasteiger partial charge on any atom is 0.0801 e. The van der Waals surface area contributed by atoms with E-state index in [2.05, 4.69) is 71.6 Å². The molecule has 1 nitrogen and oxygen atoms in total. The first-order chi connectivity index (χ1) is 9.09. The van der Waals surface area contributed by atoms with E-state index in [0.29, 0.717) is 0 Å². The molecule has 1 aromatic carbocycles. The lowest BCUT2D eigenvalue weighted by Crippen LogP contribution is -2.16. The van der Waals surface area contributed by atoms with Gasteiger partial charge in [0.15, 0.2) is 0 Å². The lowest BCUT2D eigenvalue weighted by molar-refractivity contribution is 0.569. The number of aryl methyl sites for hydroxylation is 1. The maximum absolute atomic E-state index is 4.40. The van der Waals surface area contributed by atoms with Gasteiger partial charge in [-0.1, -0.05) is 47.6 Å². The van der Waals surface area contributed by atoms with Crippen LogP contribution >= 0.6 is 11.3 Å². The number of benzene rings is 1. The Balaban J connectivity index is 2.67. The molecule has 108 valence electrons. The van der Waals surface area contributed by atoms with Gasteiger partial charge in [0.05, 0.1) is 16.1 Å². The van der Waals surface area contributed by atoms with E-state index in [4.69, 9.17) is 0 Å². The minimum absolute atomic E-state index is 0.161. The van der Waals surface area contributed by atoms with Gasteiger partial charge in [-0.2, -0.15) is 0 Å². The second kappa shape index (κ2) is 5.00. The van der Waals surface area contributed by atoms with Crippen LogP contribution in [0.5, 0.6) is 0 Å². The van der Waals surface area contributed by atoms with Gasteiger partial charge >= 0.3 is 0 Å². The molecule has 0 radical (unpaired) electrons. The normalized spacial score (nSPS) is 12.8. The highest BCUT2D eigenvalue weighted by Crippen LogP contribution is 2.36. The van der Waals surface area contributed by atoms with Crippen LogP contribution in [0, 0.1) is 6.92 Å². The fraction of sp³-hybridized carbons (Fsp3) is 0.500. The van der Waals surface area contributed by atoms with E-state index in [1.54, 1.807) is 11.3 Å². The van der Waals surface area contributed by atoms with E-state index < -0.39 is 0 Å². The van der Waals surface area contributed by atoms with Crippen molar-refractivity contribution >= 4 is 11.3 Å². The molecule has 2 aromatic rings. The first-order valence-electron chi connectivity index (χ1n) is 7.15. The summed E-state index contributed by atoms with van der Waals surface area (Å²) in [6.45, 7) is 15.7. The quantitative estimate of drug-likeness (QED) is 0.654. The van der Waals surface area contributed by atoms with Crippen molar-refractivity contribution in [3.63, 3.8) is 0 Å². The average molecular weight is 287 g/mol. The molecule has 0 aliphatic rings. The summed E-state index contributed by atoms with van der Waals surface area (Å²) in [6.07, 6.45) is 0. The van der Waals surface area contributed by atoms with E-state index in [0.717, 1.165) is 5.69 Å². The van der Waals surface area contributed by atoms with Gasteiger partial charge in [-0.25, -0.2) is 4.98 Å². The van der Waals surface area contributed by atoms with E-state index >= 15 is 0 Å². The van der Waals surface area contributed by atoms with Crippen LogP contribution in [0.15, 0.2) is 23.7 Å². The summed E-state index contributed by atoms with van der Waals surface area (Å²) in [7, 11) is 0. The van der Waals surface area contributed by atoms with Gasteiger partial charge in [0.1, 0.15) is 0 Å². The number of thiazole rings is 1. The molecule has 0 saturated heterocycles. The molecule has 0 unspecified atom stereocenters. The summed E-state index contributed by atoms with van der Waals surface area (Å²) in [5.74, 6) is 0. The smallest absolute Gasteiger partial charge is 0.0801 e. The van der Waals surface area contributed by atoms with Crippen LogP contribution in [-0.2, 0) is 10.8 Å². The monoisotopic (exact) mass is 287 g/mol. The van der Waals surface area contributed by atoms with Crippen LogP contribution < -0.4 is 0 Å². The van der Waals surface area contributed by atoms with Crippen LogP contribution in [0.1, 0.15) is 58.4 Å². The topological polar surface area (TPSA) is 12.9 Å². The molecule has 0 fully saturated rings. The molecule has 20 heavy (non-hydrogen) atoms. The fourth-order valence-corrected chi connectivity index (χ4v) is 3.00. The lowest BCUT2D eigenvalue weighted by atomic mass is 9.79. The Bertz CT molecular complexity index is 577. The summed E-state index contributed by atoms with van der Waals surface area (Å²) in [6, 6.07) is 7.02. The van der Waals surface area contributed by atoms with Crippen LogP contribution in [0.4, 0.5) is 0 Å². The second-order valence-electron chi connectivity index (χ2n) is 7.57. The molecule has 0 N–H and O–H groups in total. The largest absolute Gasteiger partial charge is 0.249 e. The van der Waals surface area contributed by atoms with Crippen molar-refractivity contribution in [3.05, 3.63) is 40.5 Å². The molecule has 0 bridgehead atoms. The molecule has 0 atom stereocenters. The fourth-order valence-electron chi connectivity index (χ4n) is 2.20. The molecule has 1 heterocycles. The highest BCUT2D eigenvalue weighted by molar-refractivity contribution is 7.13. The predicted molar refractivity (Wildman–Crippen MR) is 89.7 cm³/mol. The summed E-state index contributed by atoms with van der Waals surface area (Å²) < 4.78 is 0. The zero-order valence-corrected chi connectivity index (χ0v) is 14.5. The first-order valence-corrected chi connectivity index (χ1v) is 8.03. The highest BCUT2D eigenvalue weighted by atomic mass is 32.1. The second-order valence-corrected chi connectivity index (χ2v) is 8.42. The van der Waals surface area contributed by atoms with Crippen LogP contribution in [0.2, 0.25) is 0 Å². The van der Waals surface area contributed by atoms with Crippen molar-refractivity contribution in [2.75, 3.05) is 0 Å². The third kappa shape index (κ3) is 3.12. The Morgan fingerprint density at radius 3 is 1.70 bits per heavy atom. The molecule has 0 aliphatic heterocycles.